The number of para-hydroxylation sites is 1. The molecule has 116 valence electrons. The molecule has 2 aliphatic rings. The average molecular weight is 312 g/mol. The van der Waals surface area contributed by atoms with Gasteiger partial charge in [0.05, 0.1) is 17.2 Å². The second-order valence-electron chi connectivity index (χ2n) is 6.02. The lowest BCUT2D eigenvalue weighted by Gasteiger charge is -2.48. The monoisotopic (exact) mass is 311 g/mol. The van der Waals surface area contributed by atoms with E-state index in [1.54, 1.807) is 6.07 Å². The van der Waals surface area contributed by atoms with Gasteiger partial charge in [-0.1, -0.05) is 23.7 Å². The van der Waals surface area contributed by atoms with Crippen molar-refractivity contribution in [2.45, 2.75) is 31.0 Å². The molecular formula is C16H22ClNO3. The minimum Gasteiger partial charge on any atom is -0.489 e. The van der Waals surface area contributed by atoms with Crippen molar-refractivity contribution in [1.82, 2.24) is 4.90 Å². The van der Waals surface area contributed by atoms with E-state index in [0.717, 1.165) is 32.5 Å². The van der Waals surface area contributed by atoms with E-state index in [1.807, 2.05) is 18.2 Å². The van der Waals surface area contributed by atoms with Gasteiger partial charge in [-0.2, -0.15) is 0 Å². The summed E-state index contributed by atoms with van der Waals surface area (Å²) in [5.74, 6) is 0.621. The first-order chi connectivity index (χ1) is 10.2. The van der Waals surface area contributed by atoms with E-state index in [0.29, 0.717) is 17.3 Å². The highest BCUT2D eigenvalue weighted by molar-refractivity contribution is 6.32. The van der Waals surface area contributed by atoms with E-state index < -0.39 is 6.10 Å². The Balaban J connectivity index is 1.45. The van der Waals surface area contributed by atoms with E-state index in [4.69, 9.17) is 21.1 Å². The van der Waals surface area contributed by atoms with Crippen LogP contribution < -0.4 is 4.74 Å². The van der Waals surface area contributed by atoms with Crippen molar-refractivity contribution < 1.29 is 14.6 Å². The van der Waals surface area contributed by atoms with Crippen molar-refractivity contribution in [1.29, 1.82) is 0 Å². The van der Waals surface area contributed by atoms with Gasteiger partial charge in [-0.3, -0.25) is 4.90 Å². The number of hydrogen-bond acceptors (Lipinski definition) is 4. The molecule has 1 saturated carbocycles. The third-order valence-corrected chi connectivity index (χ3v) is 4.64. The van der Waals surface area contributed by atoms with Crippen LogP contribution in [0.1, 0.15) is 19.3 Å². The van der Waals surface area contributed by atoms with E-state index in [9.17, 15) is 5.11 Å². The Morgan fingerprint density at radius 3 is 2.90 bits per heavy atom. The largest absolute Gasteiger partial charge is 0.489 e. The molecule has 4 nitrogen and oxygen atoms in total. The molecule has 1 saturated heterocycles. The van der Waals surface area contributed by atoms with Gasteiger partial charge in [0.1, 0.15) is 18.5 Å². The SMILES string of the molecule is OC(COc1ccccc1Cl)CN1CCOC2(CCC2)C1. The molecule has 1 aliphatic carbocycles. The van der Waals surface area contributed by atoms with Crippen LogP contribution in [0.4, 0.5) is 0 Å². The molecule has 3 rings (SSSR count). The van der Waals surface area contributed by atoms with Gasteiger partial charge in [-0.25, -0.2) is 0 Å². The molecule has 1 aromatic rings. The quantitative estimate of drug-likeness (QED) is 0.906. The molecule has 5 heteroatoms. The maximum atomic E-state index is 10.2. The van der Waals surface area contributed by atoms with E-state index in [-0.39, 0.29) is 12.2 Å². The first kappa shape index (κ1) is 15.1. The number of halogens is 1. The molecule has 1 aromatic carbocycles. The second-order valence-corrected chi connectivity index (χ2v) is 6.42. The lowest BCUT2D eigenvalue weighted by atomic mass is 9.79. The van der Waals surface area contributed by atoms with Crippen LogP contribution in [0.25, 0.3) is 0 Å². The predicted molar refractivity (Wildman–Crippen MR) is 81.9 cm³/mol. The zero-order valence-corrected chi connectivity index (χ0v) is 12.9. The van der Waals surface area contributed by atoms with Gasteiger partial charge in [0.15, 0.2) is 0 Å². The number of ether oxygens (including phenoxy) is 2. The number of β-amino-alcohol motifs (C(OH)–C–C–N with tert-alkyl or cyclic N) is 1. The van der Waals surface area contributed by atoms with Gasteiger partial charge in [0.2, 0.25) is 0 Å². The Morgan fingerprint density at radius 2 is 2.19 bits per heavy atom. The summed E-state index contributed by atoms with van der Waals surface area (Å²) in [6, 6.07) is 7.33. The molecule has 0 radical (unpaired) electrons. The number of hydrogen-bond donors (Lipinski definition) is 1. The van der Waals surface area contributed by atoms with E-state index >= 15 is 0 Å². The van der Waals surface area contributed by atoms with Crippen molar-refractivity contribution in [2.24, 2.45) is 0 Å². The molecule has 0 bridgehead atoms. The summed E-state index contributed by atoms with van der Waals surface area (Å²) in [5.41, 5.74) is 0.0710. The van der Waals surface area contributed by atoms with Crippen LogP contribution in [-0.2, 0) is 4.74 Å². The zero-order valence-electron chi connectivity index (χ0n) is 12.1. The highest BCUT2D eigenvalue weighted by atomic mass is 35.5. The summed E-state index contributed by atoms with van der Waals surface area (Å²) in [5, 5.41) is 10.7. The van der Waals surface area contributed by atoms with Gasteiger partial charge in [-0.05, 0) is 31.4 Å². The molecular weight excluding hydrogens is 290 g/mol. The van der Waals surface area contributed by atoms with E-state index in [2.05, 4.69) is 4.90 Å². The van der Waals surface area contributed by atoms with Crippen LogP contribution in [-0.4, -0.2) is 54.6 Å². The van der Waals surface area contributed by atoms with E-state index in [1.165, 1.54) is 6.42 Å². The van der Waals surface area contributed by atoms with Gasteiger partial charge in [0, 0.05) is 19.6 Å². The summed E-state index contributed by atoms with van der Waals surface area (Å²) in [6.45, 7) is 3.45. The summed E-state index contributed by atoms with van der Waals surface area (Å²) in [6.07, 6.45) is 3.04. The maximum absolute atomic E-state index is 10.2. The van der Waals surface area contributed by atoms with Crippen LogP contribution in [0, 0.1) is 0 Å². The highest BCUT2D eigenvalue weighted by Gasteiger charge is 2.42. The Morgan fingerprint density at radius 1 is 1.38 bits per heavy atom. The molecule has 2 fully saturated rings. The van der Waals surface area contributed by atoms with Gasteiger partial charge >= 0.3 is 0 Å². The Kier molecular flexibility index (Phi) is 4.69. The van der Waals surface area contributed by atoms with Crippen molar-refractivity contribution >= 4 is 11.6 Å². The second kappa shape index (κ2) is 6.53. The molecule has 1 aliphatic heterocycles. The summed E-state index contributed by atoms with van der Waals surface area (Å²) >= 11 is 6.03. The lowest BCUT2D eigenvalue weighted by Crippen LogP contribution is -2.57. The van der Waals surface area contributed by atoms with Crippen LogP contribution >= 0.6 is 11.6 Å². The fourth-order valence-corrected chi connectivity index (χ4v) is 3.24. The zero-order chi connectivity index (χ0) is 14.7. The minimum absolute atomic E-state index is 0.0710. The highest BCUT2D eigenvalue weighted by Crippen LogP contribution is 2.38. The molecule has 1 spiro atoms. The normalized spacial score (nSPS) is 22.8. The Labute approximate surface area is 130 Å². The molecule has 1 atom stereocenters. The fourth-order valence-electron chi connectivity index (χ4n) is 3.05. The fraction of sp³-hybridized carbons (Fsp3) is 0.625. The first-order valence-electron chi connectivity index (χ1n) is 7.59. The maximum Gasteiger partial charge on any atom is 0.138 e. The van der Waals surface area contributed by atoms with Crippen molar-refractivity contribution in [2.75, 3.05) is 32.8 Å². The topological polar surface area (TPSA) is 41.9 Å². The van der Waals surface area contributed by atoms with Gasteiger partial charge < -0.3 is 14.6 Å². The average Bonchev–Trinajstić information content (AvgIpc) is 2.45. The van der Waals surface area contributed by atoms with Crippen LogP contribution in [0.5, 0.6) is 5.75 Å². The molecule has 1 N–H and O–H groups in total. The molecule has 0 amide bonds. The summed E-state index contributed by atoms with van der Waals surface area (Å²) < 4.78 is 11.5. The summed E-state index contributed by atoms with van der Waals surface area (Å²) in [7, 11) is 0. The molecule has 1 unspecified atom stereocenters. The van der Waals surface area contributed by atoms with Crippen molar-refractivity contribution in [3.63, 3.8) is 0 Å². The number of rotatable bonds is 5. The molecule has 21 heavy (non-hydrogen) atoms. The number of nitrogens with zero attached hydrogens (tertiary/aromatic N) is 1. The molecule has 0 aromatic heterocycles. The first-order valence-corrected chi connectivity index (χ1v) is 7.96. The number of benzene rings is 1. The third kappa shape index (κ3) is 3.69. The third-order valence-electron chi connectivity index (χ3n) is 4.33. The Hall–Kier alpha value is -0.810. The standard InChI is InChI=1S/C16H22ClNO3/c17-14-4-1-2-5-15(14)20-11-13(19)10-18-8-9-21-16(12-18)6-3-7-16/h1-2,4-5,13,19H,3,6-12H2. The number of aliphatic hydroxyl groups excluding tert-OH is 1. The number of aliphatic hydroxyl groups is 1. The van der Waals surface area contributed by atoms with Crippen molar-refractivity contribution in [3.05, 3.63) is 29.3 Å². The molecule has 1 heterocycles. The predicted octanol–water partition coefficient (Wildman–Crippen LogP) is 2.33. The van der Waals surface area contributed by atoms with Crippen LogP contribution in [0.15, 0.2) is 24.3 Å². The van der Waals surface area contributed by atoms with Gasteiger partial charge in [0.25, 0.3) is 0 Å². The van der Waals surface area contributed by atoms with Gasteiger partial charge in [-0.15, -0.1) is 0 Å². The smallest absolute Gasteiger partial charge is 0.138 e. The number of morpholine rings is 1. The minimum atomic E-state index is -0.517. The van der Waals surface area contributed by atoms with Crippen LogP contribution in [0.2, 0.25) is 5.02 Å². The summed E-state index contributed by atoms with van der Waals surface area (Å²) in [4.78, 5) is 2.28. The van der Waals surface area contributed by atoms with Crippen molar-refractivity contribution in [3.8, 4) is 5.75 Å². The lowest BCUT2D eigenvalue weighted by molar-refractivity contribution is -0.155. The van der Waals surface area contributed by atoms with Crippen LogP contribution in [0.3, 0.4) is 0 Å². The Bertz CT molecular complexity index is 478.